The second kappa shape index (κ2) is 8.90. The third kappa shape index (κ3) is 5.11. The van der Waals surface area contributed by atoms with Crippen LogP contribution in [0, 0.1) is 0 Å². The number of anilines is 1. The molecule has 0 radical (unpaired) electrons. The first-order chi connectivity index (χ1) is 13.5. The third-order valence-electron chi connectivity index (χ3n) is 4.11. The van der Waals surface area contributed by atoms with Gasteiger partial charge in [0.1, 0.15) is 5.75 Å². The van der Waals surface area contributed by atoms with E-state index in [1.807, 2.05) is 42.5 Å². The first-order valence-electron chi connectivity index (χ1n) is 8.68. The van der Waals surface area contributed by atoms with Crippen molar-refractivity contribution in [2.24, 2.45) is 0 Å². The van der Waals surface area contributed by atoms with Crippen molar-refractivity contribution in [3.8, 4) is 17.1 Å². The molecular weight excluding hydrogens is 380 g/mol. The van der Waals surface area contributed by atoms with Gasteiger partial charge in [0.15, 0.2) is 11.6 Å². The fourth-order valence-corrected chi connectivity index (χ4v) is 3.78. The molecule has 1 heterocycles. The zero-order valence-corrected chi connectivity index (χ0v) is 16.5. The Balaban J connectivity index is 1.74. The highest BCUT2D eigenvalue weighted by Gasteiger charge is 2.17. The molecule has 8 heteroatoms. The Labute approximate surface area is 164 Å². The second-order valence-corrected chi connectivity index (χ2v) is 8.04. The van der Waals surface area contributed by atoms with Crippen LogP contribution in [-0.2, 0) is 27.8 Å². The molecule has 3 aromatic rings. The summed E-state index contributed by atoms with van der Waals surface area (Å²) in [6, 6.07) is 16.5. The first kappa shape index (κ1) is 19.9. The van der Waals surface area contributed by atoms with Crippen LogP contribution in [0.4, 0.5) is 5.82 Å². The maximum absolute atomic E-state index is 12.3. The van der Waals surface area contributed by atoms with Crippen molar-refractivity contribution < 1.29 is 22.4 Å². The molecule has 0 atom stereocenters. The monoisotopic (exact) mass is 402 g/mol. The van der Waals surface area contributed by atoms with Gasteiger partial charge >= 0.3 is 0 Å². The van der Waals surface area contributed by atoms with Crippen molar-refractivity contribution in [3.63, 3.8) is 0 Å². The molecule has 0 aliphatic heterocycles. The molecular formula is C20H22N2O5S. The highest BCUT2D eigenvalue weighted by molar-refractivity contribution is 7.92. The number of ether oxygens (including phenoxy) is 2. The van der Waals surface area contributed by atoms with E-state index >= 15 is 0 Å². The standard InChI is InChI=1S/C20H22N2O5S/c1-25-14-16-8-9-18(26-2)17(12-16)19-13-20(21-27-19)22-28(23,24)11-10-15-6-4-3-5-7-15/h3-9,12-13H,10-11,14H2,1-2H3,(H,21,22). The van der Waals surface area contributed by atoms with Crippen LogP contribution < -0.4 is 9.46 Å². The smallest absolute Gasteiger partial charge is 0.234 e. The molecule has 0 aliphatic carbocycles. The molecule has 28 heavy (non-hydrogen) atoms. The van der Waals surface area contributed by atoms with Crippen molar-refractivity contribution >= 4 is 15.8 Å². The average molecular weight is 402 g/mol. The van der Waals surface area contributed by atoms with Gasteiger partial charge in [-0.3, -0.25) is 4.72 Å². The minimum atomic E-state index is -3.56. The molecule has 0 bridgehead atoms. The van der Waals surface area contributed by atoms with Gasteiger partial charge in [0.2, 0.25) is 10.0 Å². The van der Waals surface area contributed by atoms with E-state index in [-0.39, 0.29) is 11.6 Å². The maximum Gasteiger partial charge on any atom is 0.234 e. The number of hydrogen-bond acceptors (Lipinski definition) is 6. The number of nitrogens with zero attached hydrogens (tertiary/aromatic N) is 1. The van der Waals surface area contributed by atoms with E-state index < -0.39 is 10.0 Å². The number of rotatable bonds is 9. The van der Waals surface area contributed by atoms with Crippen LogP contribution in [0.2, 0.25) is 0 Å². The fraction of sp³-hybridized carbons (Fsp3) is 0.250. The highest BCUT2D eigenvalue weighted by Crippen LogP contribution is 2.32. The summed E-state index contributed by atoms with van der Waals surface area (Å²) in [5, 5.41) is 3.83. The Hall–Kier alpha value is -2.84. The number of nitrogens with one attached hydrogen (secondary N) is 1. The van der Waals surface area contributed by atoms with Gasteiger partial charge in [0.25, 0.3) is 0 Å². The van der Waals surface area contributed by atoms with Gasteiger partial charge in [-0.05, 0) is 29.7 Å². The van der Waals surface area contributed by atoms with E-state index in [0.717, 1.165) is 11.1 Å². The zero-order valence-electron chi connectivity index (χ0n) is 15.7. The summed E-state index contributed by atoms with van der Waals surface area (Å²) in [6.07, 6.45) is 0.410. The Bertz CT molecular complexity index is 1020. The van der Waals surface area contributed by atoms with Gasteiger partial charge in [0.05, 0.1) is 25.0 Å². The molecule has 1 aromatic heterocycles. The molecule has 0 spiro atoms. The maximum atomic E-state index is 12.3. The molecule has 0 aliphatic rings. The van der Waals surface area contributed by atoms with Crippen LogP contribution in [0.15, 0.2) is 59.1 Å². The number of methoxy groups -OCH3 is 2. The lowest BCUT2D eigenvalue weighted by molar-refractivity contribution is 0.185. The summed E-state index contributed by atoms with van der Waals surface area (Å²) < 4.78 is 43.0. The second-order valence-electron chi connectivity index (χ2n) is 6.20. The Kier molecular flexibility index (Phi) is 6.33. The lowest BCUT2D eigenvalue weighted by Gasteiger charge is -2.08. The van der Waals surface area contributed by atoms with E-state index in [9.17, 15) is 8.42 Å². The first-order valence-corrected chi connectivity index (χ1v) is 10.3. The number of sulfonamides is 1. The van der Waals surface area contributed by atoms with Crippen molar-refractivity contribution in [2.75, 3.05) is 24.7 Å². The quantitative estimate of drug-likeness (QED) is 0.589. The Morgan fingerprint density at radius 1 is 1.04 bits per heavy atom. The molecule has 0 saturated heterocycles. The molecule has 0 fully saturated rings. The van der Waals surface area contributed by atoms with Crippen molar-refractivity contribution in [2.45, 2.75) is 13.0 Å². The van der Waals surface area contributed by atoms with Gasteiger partial charge in [-0.15, -0.1) is 0 Å². The van der Waals surface area contributed by atoms with Gasteiger partial charge in [-0.2, -0.15) is 0 Å². The third-order valence-corrected chi connectivity index (χ3v) is 5.37. The van der Waals surface area contributed by atoms with Gasteiger partial charge in [-0.1, -0.05) is 41.6 Å². The van der Waals surface area contributed by atoms with Crippen LogP contribution in [0.1, 0.15) is 11.1 Å². The number of benzene rings is 2. The van der Waals surface area contributed by atoms with E-state index in [2.05, 4.69) is 9.88 Å². The minimum absolute atomic E-state index is 0.0498. The molecule has 2 aromatic carbocycles. The van der Waals surface area contributed by atoms with Gasteiger partial charge in [0, 0.05) is 13.2 Å². The van der Waals surface area contributed by atoms with Gasteiger partial charge < -0.3 is 14.0 Å². The molecule has 7 nitrogen and oxygen atoms in total. The van der Waals surface area contributed by atoms with Crippen molar-refractivity contribution in [3.05, 3.63) is 65.7 Å². The van der Waals surface area contributed by atoms with Crippen LogP contribution >= 0.6 is 0 Å². The zero-order chi connectivity index (χ0) is 20.0. The summed E-state index contributed by atoms with van der Waals surface area (Å²) in [7, 11) is -0.392. The van der Waals surface area contributed by atoms with E-state index in [1.165, 1.54) is 6.07 Å². The summed E-state index contributed by atoms with van der Waals surface area (Å²) in [4.78, 5) is 0. The van der Waals surface area contributed by atoms with E-state index in [0.29, 0.717) is 30.1 Å². The predicted molar refractivity (Wildman–Crippen MR) is 107 cm³/mol. The number of aromatic nitrogens is 1. The van der Waals surface area contributed by atoms with Crippen LogP contribution in [-0.4, -0.2) is 33.5 Å². The topological polar surface area (TPSA) is 90.7 Å². The van der Waals surface area contributed by atoms with Crippen LogP contribution in [0.3, 0.4) is 0 Å². The minimum Gasteiger partial charge on any atom is -0.496 e. The summed E-state index contributed by atoms with van der Waals surface area (Å²) in [5.41, 5.74) is 2.55. The summed E-state index contributed by atoms with van der Waals surface area (Å²) in [5.74, 6) is 1.07. The normalized spacial score (nSPS) is 11.4. The lowest BCUT2D eigenvalue weighted by atomic mass is 10.1. The van der Waals surface area contributed by atoms with E-state index in [1.54, 1.807) is 20.3 Å². The summed E-state index contributed by atoms with van der Waals surface area (Å²) >= 11 is 0. The fourth-order valence-electron chi connectivity index (χ4n) is 2.76. The Morgan fingerprint density at radius 2 is 1.82 bits per heavy atom. The molecule has 148 valence electrons. The summed E-state index contributed by atoms with van der Waals surface area (Å²) in [6.45, 7) is 0.435. The SMILES string of the molecule is COCc1ccc(OC)c(-c2cc(NS(=O)(=O)CCc3ccccc3)no2)c1. The number of hydrogen-bond donors (Lipinski definition) is 1. The van der Waals surface area contributed by atoms with Crippen LogP contribution in [0.5, 0.6) is 5.75 Å². The number of aryl methyl sites for hydroxylation is 1. The van der Waals surface area contributed by atoms with Crippen molar-refractivity contribution in [1.29, 1.82) is 0 Å². The lowest BCUT2D eigenvalue weighted by Crippen LogP contribution is -2.18. The van der Waals surface area contributed by atoms with Crippen LogP contribution in [0.25, 0.3) is 11.3 Å². The Morgan fingerprint density at radius 3 is 2.54 bits per heavy atom. The predicted octanol–water partition coefficient (Wildman–Crippen LogP) is 3.48. The van der Waals surface area contributed by atoms with Gasteiger partial charge in [-0.25, -0.2) is 8.42 Å². The highest BCUT2D eigenvalue weighted by atomic mass is 32.2. The molecule has 0 unspecified atom stereocenters. The molecule has 0 amide bonds. The van der Waals surface area contributed by atoms with Crippen molar-refractivity contribution in [1.82, 2.24) is 5.16 Å². The molecule has 0 saturated carbocycles. The average Bonchev–Trinajstić information content (AvgIpc) is 3.15. The molecule has 1 N–H and O–H groups in total. The largest absolute Gasteiger partial charge is 0.496 e. The van der Waals surface area contributed by atoms with E-state index in [4.69, 9.17) is 14.0 Å². The molecule has 3 rings (SSSR count).